The summed E-state index contributed by atoms with van der Waals surface area (Å²) in [7, 11) is 1.80. The average Bonchev–Trinajstić information content (AvgIpc) is 3.00. The van der Waals surface area contributed by atoms with Gasteiger partial charge in [0, 0.05) is 12.2 Å². The molecular weight excluding hydrogens is 400 g/mol. The van der Waals surface area contributed by atoms with Crippen LogP contribution in [0, 0.1) is 0 Å². The molecule has 3 aromatic rings. The molecule has 4 rings (SSSR count). The Balaban J connectivity index is 1.70. The van der Waals surface area contributed by atoms with E-state index >= 15 is 0 Å². The monoisotopic (exact) mass is 430 g/mol. The fourth-order valence-corrected chi connectivity index (χ4v) is 4.37. The Hall–Kier alpha value is -3.15. The van der Waals surface area contributed by atoms with Crippen molar-refractivity contribution in [3.8, 4) is 5.75 Å². The number of carbonyl (C=O) groups excluding carboxylic acids is 1. The number of likely N-dealkylation sites (N-methyl/N-ethyl adjacent to an activating group) is 1. The number of aliphatic hydroxyl groups is 1. The number of hydrogen-bond donors (Lipinski definition) is 2. The van der Waals surface area contributed by atoms with E-state index in [1.165, 1.54) is 0 Å². The Morgan fingerprint density at radius 2 is 1.66 bits per heavy atom. The number of rotatable bonds is 8. The van der Waals surface area contributed by atoms with Gasteiger partial charge in [-0.05, 0) is 55.8 Å². The zero-order valence-corrected chi connectivity index (χ0v) is 18.8. The smallest absolute Gasteiger partial charge is 0.237 e. The summed E-state index contributed by atoms with van der Waals surface area (Å²) in [6.45, 7) is 4.70. The normalized spacial score (nSPS) is 16.5. The minimum atomic E-state index is -0.762. The van der Waals surface area contributed by atoms with E-state index in [0.29, 0.717) is 13.2 Å². The molecule has 32 heavy (non-hydrogen) atoms. The van der Waals surface area contributed by atoms with Gasteiger partial charge in [0.15, 0.2) is 0 Å². The number of nitrogens with one attached hydrogen (secondary N) is 1. The van der Waals surface area contributed by atoms with E-state index in [2.05, 4.69) is 5.32 Å². The van der Waals surface area contributed by atoms with Gasteiger partial charge in [-0.25, -0.2) is 0 Å². The molecule has 1 amide bonds. The third kappa shape index (κ3) is 4.14. The Morgan fingerprint density at radius 1 is 1.00 bits per heavy atom. The molecule has 5 heteroatoms. The lowest BCUT2D eigenvalue weighted by molar-refractivity contribution is -0.123. The summed E-state index contributed by atoms with van der Waals surface area (Å²) in [5.74, 6) is 0.694. The summed E-state index contributed by atoms with van der Waals surface area (Å²) >= 11 is 0. The molecule has 0 fully saturated rings. The first-order valence-corrected chi connectivity index (χ1v) is 11.0. The highest BCUT2D eigenvalue weighted by atomic mass is 16.5. The van der Waals surface area contributed by atoms with Gasteiger partial charge in [-0.1, -0.05) is 60.7 Å². The number of anilines is 1. The molecule has 0 bridgehead atoms. The molecule has 0 unspecified atom stereocenters. The van der Waals surface area contributed by atoms with Crippen LogP contribution in [0.3, 0.4) is 0 Å². The van der Waals surface area contributed by atoms with E-state index in [1.54, 1.807) is 11.9 Å². The number of benzene rings is 3. The van der Waals surface area contributed by atoms with Crippen LogP contribution in [0.5, 0.6) is 5.75 Å². The Kier molecular flexibility index (Phi) is 6.31. The molecule has 0 aliphatic carbocycles. The highest BCUT2D eigenvalue weighted by molar-refractivity contribution is 6.08. The average molecular weight is 431 g/mol. The molecule has 0 saturated heterocycles. The topological polar surface area (TPSA) is 61.8 Å². The lowest BCUT2D eigenvalue weighted by atomic mass is 9.86. The Morgan fingerprint density at radius 3 is 2.31 bits per heavy atom. The molecule has 2 atom stereocenters. The van der Waals surface area contributed by atoms with E-state index in [0.717, 1.165) is 28.1 Å². The maximum atomic E-state index is 13.7. The van der Waals surface area contributed by atoms with Gasteiger partial charge in [-0.3, -0.25) is 4.79 Å². The largest absolute Gasteiger partial charge is 0.489 e. The van der Waals surface area contributed by atoms with Crippen LogP contribution >= 0.6 is 0 Å². The molecule has 0 radical (unpaired) electrons. The molecule has 166 valence electrons. The lowest BCUT2D eigenvalue weighted by Crippen LogP contribution is -2.45. The third-order valence-corrected chi connectivity index (χ3v) is 6.10. The number of nitrogens with zero attached hydrogens (tertiary/aromatic N) is 1. The SMILES string of the molecule is CNC[C@H](O)[C@H](c1ccccc1)N1C(=O)C(C)(C)c2cc(OCc3ccccc3)ccc21. The molecule has 1 heterocycles. The predicted octanol–water partition coefficient (Wildman–Crippen LogP) is 4.21. The predicted molar refractivity (Wildman–Crippen MR) is 127 cm³/mol. The van der Waals surface area contributed by atoms with E-state index in [1.807, 2.05) is 92.7 Å². The van der Waals surface area contributed by atoms with Crippen molar-refractivity contribution in [2.45, 2.75) is 38.0 Å². The lowest BCUT2D eigenvalue weighted by Gasteiger charge is -2.33. The second-order valence-corrected chi connectivity index (χ2v) is 8.73. The molecule has 2 N–H and O–H groups in total. The van der Waals surface area contributed by atoms with E-state index in [-0.39, 0.29) is 5.91 Å². The highest BCUT2D eigenvalue weighted by Gasteiger charge is 2.48. The number of fused-ring (bicyclic) bond motifs is 1. The van der Waals surface area contributed by atoms with Crippen molar-refractivity contribution in [2.75, 3.05) is 18.5 Å². The number of carbonyl (C=O) groups is 1. The van der Waals surface area contributed by atoms with Gasteiger partial charge in [0.2, 0.25) is 5.91 Å². The third-order valence-electron chi connectivity index (χ3n) is 6.10. The van der Waals surface area contributed by atoms with Crippen LogP contribution in [-0.2, 0) is 16.8 Å². The van der Waals surface area contributed by atoms with Gasteiger partial charge in [-0.2, -0.15) is 0 Å². The van der Waals surface area contributed by atoms with Crippen molar-refractivity contribution in [2.24, 2.45) is 0 Å². The standard InChI is InChI=1S/C27H30N2O3/c1-27(2)22-16-21(32-18-19-10-6-4-7-11-19)14-15-23(22)29(26(27)31)25(24(30)17-28-3)20-12-8-5-9-13-20/h4-16,24-25,28,30H,17-18H2,1-3H3/t24-,25-/m0/s1. The number of hydrogen-bond acceptors (Lipinski definition) is 4. The second kappa shape index (κ2) is 9.15. The number of ether oxygens (including phenoxy) is 1. The van der Waals surface area contributed by atoms with Crippen LogP contribution in [0.1, 0.15) is 36.6 Å². The Labute approximate surface area is 189 Å². The first-order chi connectivity index (χ1) is 15.4. The molecule has 0 saturated carbocycles. The van der Waals surface area contributed by atoms with Crippen LogP contribution in [0.4, 0.5) is 5.69 Å². The van der Waals surface area contributed by atoms with E-state index in [4.69, 9.17) is 4.74 Å². The maximum absolute atomic E-state index is 13.7. The van der Waals surface area contributed by atoms with Crippen molar-refractivity contribution in [3.63, 3.8) is 0 Å². The van der Waals surface area contributed by atoms with Crippen molar-refractivity contribution in [3.05, 3.63) is 95.6 Å². The fourth-order valence-electron chi connectivity index (χ4n) is 4.37. The van der Waals surface area contributed by atoms with Crippen LogP contribution in [0.2, 0.25) is 0 Å². The number of amides is 1. The van der Waals surface area contributed by atoms with Crippen LogP contribution in [-0.4, -0.2) is 30.7 Å². The highest BCUT2D eigenvalue weighted by Crippen LogP contribution is 2.47. The Bertz CT molecular complexity index is 1070. The van der Waals surface area contributed by atoms with Gasteiger partial charge in [0.25, 0.3) is 0 Å². The van der Waals surface area contributed by atoms with Crippen molar-refractivity contribution in [1.82, 2.24) is 5.32 Å². The van der Waals surface area contributed by atoms with Gasteiger partial charge < -0.3 is 20.1 Å². The molecule has 3 aromatic carbocycles. The van der Waals surface area contributed by atoms with Crippen LogP contribution in [0.25, 0.3) is 0 Å². The van der Waals surface area contributed by atoms with Crippen LogP contribution < -0.4 is 15.0 Å². The quantitative estimate of drug-likeness (QED) is 0.562. The van der Waals surface area contributed by atoms with E-state index < -0.39 is 17.6 Å². The maximum Gasteiger partial charge on any atom is 0.237 e. The summed E-state index contributed by atoms with van der Waals surface area (Å²) in [5, 5.41) is 14.1. The van der Waals surface area contributed by atoms with Crippen molar-refractivity contribution in [1.29, 1.82) is 0 Å². The molecular formula is C27H30N2O3. The summed E-state index contributed by atoms with van der Waals surface area (Å²) in [5.41, 5.74) is 2.98. The zero-order chi connectivity index (χ0) is 22.7. The summed E-state index contributed by atoms with van der Waals surface area (Å²) < 4.78 is 6.02. The molecule has 0 spiro atoms. The summed E-state index contributed by atoms with van der Waals surface area (Å²) in [4.78, 5) is 15.4. The molecule has 1 aliphatic rings. The van der Waals surface area contributed by atoms with E-state index in [9.17, 15) is 9.90 Å². The summed E-state index contributed by atoms with van der Waals surface area (Å²) in [6.07, 6.45) is -0.762. The second-order valence-electron chi connectivity index (χ2n) is 8.73. The van der Waals surface area contributed by atoms with Gasteiger partial charge in [-0.15, -0.1) is 0 Å². The van der Waals surface area contributed by atoms with Gasteiger partial charge >= 0.3 is 0 Å². The van der Waals surface area contributed by atoms with Gasteiger partial charge in [0.1, 0.15) is 12.4 Å². The first-order valence-electron chi connectivity index (χ1n) is 11.0. The molecule has 1 aliphatic heterocycles. The van der Waals surface area contributed by atoms with Crippen molar-refractivity contribution < 1.29 is 14.6 Å². The van der Waals surface area contributed by atoms with Gasteiger partial charge in [0.05, 0.1) is 17.6 Å². The summed E-state index contributed by atoms with van der Waals surface area (Å²) in [6, 6.07) is 25.0. The molecule has 0 aromatic heterocycles. The fraction of sp³-hybridized carbons (Fsp3) is 0.296. The van der Waals surface area contributed by atoms with Crippen LogP contribution in [0.15, 0.2) is 78.9 Å². The minimum absolute atomic E-state index is 0.0308. The van der Waals surface area contributed by atoms with Crippen molar-refractivity contribution >= 4 is 11.6 Å². The zero-order valence-electron chi connectivity index (χ0n) is 18.8. The molecule has 5 nitrogen and oxygen atoms in total. The first kappa shape index (κ1) is 22.1. The minimum Gasteiger partial charge on any atom is -0.489 e. The number of aliphatic hydroxyl groups excluding tert-OH is 1.